The molecule has 6 heteroatoms. The summed E-state index contributed by atoms with van der Waals surface area (Å²) in [7, 11) is 0. The predicted octanol–water partition coefficient (Wildman–Crippen LogP) is 2.85. The Morgan fingerprint density at radius 3 is 2.34 bits per heavy atom. The molecule has 156 valence electrons. The molecular weight excluding hydrogens is 366 g/mol. The molecule has 3 aliphatic rings. The Morgan fingerprint density at radius 1 is 1.00 bits per heavy atom. The summed E-state index contributed by atoms with van der Waals surface area (Å²) >= 11 is 0. The number of hydrogen-bond donors (Lipinski definition) is 0. The summed E-state index contributed by atoms with van der Waals surface area (Å²) in [6, 6.07) is 5.73. The third-order valence-electron chi connectivity index (χ3n) is 6.64. The van der Waals surface area contributed by atoms with Gasteiger partial charge in [-0.15, -0.1) is 0 Å². The number of ketones is 1. The van der Waals surface area contributed by atoms with Crippen molar-refractivity contribution >= 4 is 23.3 Å². The predicted molar refractivity (Wildman–Crippen MR) is 112 cm³/mol. The molecule has 6 nitrogen and oxygen atoms in total. The highest BCUT2D eigenvalue weighted by Crippen LogP contribution is 2.31. The van der Waals surface area contributed by atoms with Crippen LogP contribution in [0.1, 0.15) is 61.4 Å². The lowest BCUT2D eigenvalue weighted by molar-refractivity contribution is -0.137. The van der Waals surface area contributed by atoms with Crippen molar-refractivity contribution in [3.8, 4) is 0 Å². The molecule has 2 fully saturated rings. The maximum atomic E-state index is 12.9. The summed E-state index contributed by atoms with van der Waals surface area (Å²) < 4.78 is 0. The van der Waals surface area contributed by atoms with Gasteiger partial charge < -0.3 is 4.90 Å². The number of amides is 2. The Kier molecular flexibility index (Phi) is 5.99. The standard InChI is InChI=1S/C23H31N3O3/c1-2-17-7-8-20-19(15-17)21(27)23(29)26(20)16-24-13-9-18(10-14-24)22(28)25-11-5-3-4-6-12-25/h7-8,15,18H,2-6,9-14,16H2,1H3. The molecule has 3 aliphatic heterocycles. The second-order valence-electron chi connectivity index (χ2n) is 8.54. The van der Waals surface area contributed by atoms with Crippen LogP contribution in [0.2, 0.25) is 0 Å². The molecule has 0 aromatic heterocycles. The number of likely N-dealkylation sites (tertiary alicyclic amines) is 2. The van der Waals surface area contributed by atoms with Gasteiger partial charge in [0, 0.05) is 32.1 Å². The van der Waals surface area contributed by atoms with Crippen molar-refractivity contribution in [2.24, 2.45) is 5.92 Å². The minimum atomic E-state index is -0.434. The van der Waals surface area contributed by atoms with Gasteiger partial charge in [-0.2, -0.15) is 0 Å². The number of carbonyl (C=O) groups excluding carboxylic acids is 3. The zero-order valence-corrected chi connectivity index (χ0v) is 17.4. The molecule has 0 bridgehead atoms. The summed E-state index contributed by atoms with van der Waals surface area (Å²) in [4.78, 5) is 43.7. The van der Waals surface area contributed by atoms with Crippen LogP contribution in [-0.4, -0.2) is 60.2 Å². The van der Waals surface area contributed by atoms with Crippen LogP contribution in [0.4, 0.5) is 5.69 Å². The number of rotatable bonds is 4. The Morgan fingerprint density at radius 2 is 1.69 bits per heavy atom. The van der Waals surface area contributed by atoms with Gasteiger partial charge >= 0.3 is 5.91 Å². The molecule has 0 atom stereocenters. The van der Waals surface area contributed by atoms with Crippen LogP contribution < -0.4 is 4.90 Å². The van der Waals surface area contributed by atoms with E-state index in [9.17, 15) is 14.4 Å². The quantitative estimate of drug-likeness (QED) is 0.733. The van der Waals surface area contributed by atoms with E-state index in [1.165, 1.54) is 12.8 Å². The van der Waals surface area contributed by atoms with E-state index in [-0.39, 0.29) is 5.92 Å². The zero-order valence-electron chi connectivity index (χ0n) is 17.4. The number of carbonyl (C=O) groups is 3. The molecule has 1 aromatic carbocycles. The Bertz CT molecular complexity index is 791. The van der Waals surface area contributed by atoms with Crippen molar-refractivity contribution in [1.82, 2.24) is 9.80 Å². The van der Waals surface area contributed by atoms with Crippen molar-refractivity contribution in [3.63, 3.8) is 0 Å². The second-order valence-corrected chi connectivity index (χ2v) is 8.54. The zero-order chi connectivity index (χ0) is 20.4. The highest BCUT2D eigenvalue weighted by Gasteiger charge is 2.37. The third kappa shape index (κ3) is 4.08. The number of hydrogen-bond acceptors (Lipinski definition) is 4. The molecule has 0 spiro atoms. The first-order valence-electron chi connectivity index (χ1n) is 11.1. The fraction of sp³-hybridized carbons (Fsp3) is 0.609. The average Bonchev–Trinajstić information content (AvgIpc) is 2.95. The number of Topliss-reactive ketones (excluding diaryl/α,β-unsaturated/α-hetero) is 1. The molecule has 3 heterocycles. The third-order valence-corrected chi connectivity index (χ3v) is 6.64. The number of anilines is 1. The van der Waals surface area contributed by atoms with Gasteiger partial charge in [0.1, 0.15) is 0 Å². The van der Waals surface area contributed by atoms with Crippen LogP contribution in [0.5, 0.6) is 0 Å². The number of benzene rings is 1. The van der Waals surface area contributed by atoms with Crippen LogP contribution in [-0.2, 0) is 16.0 Å². The highest BCUT2D eigenvalue weighted by atomic mass is 16.2. The van der Waals surface area contributed by atoms with Crippen LogP contribution in [0.15, 0.2) is 18.2 Å². The largest absolute Gasteiger partial charge is 0.342 e. The molecule has 0 aliphatic carbocycles. The number of fused-ring (bicyclic) bond motifs is 1. The summed E-state index contributed by atoms with van der Waals surface area (Å²) in [6.07, 6.45) is 7.19. The van der Waals surface area contributed by atoms with Crippen molar-refractivity contribution in [2.75, 3.05) is 37.7 Å². The molecule has 0 unspecified atom stereocenters. The minimum absolute atomic E-state index is 0.0969. The summed E-state index contributed by atoms with van der Waals surface area (Å²) in [6.45, 7) is 5.83. The molecule has 0 N–H and O–H groups in total. The number of nitrogens with zero attached hydrogens (tertiary/aromatic N) is 3. The van der Waals surface area contributed by atoms with Crippen LogP contribution in [0, 0.1) is 5.92 Å². The fourth-order valence-electron chi connectivity index (χ4n) is 4.78. The number of piperidine rings is 1. The minimum Gasteiger partial charge on any atom is -0.342 e. The maximum absolute atomic E-state index is 12.9. The molecule has 0 saturated carbocycles. The smallest absolute Gasteiger partial charge is 0.300 e. The normalized spacial score (nSPS) is 21.4. The molecule has 29 heavy (non-hydrogen) atoms. The van der Waals surface area contributed by atoms with E-state index in [0.29, 0.717) is 18.1 Å². The van der Waals surface area contributed by atoms with Crippen LogP contribution >= 0.6 is 0 Å². The molecule has 0 radical (unpaired) electrons. The van der Waals surface area contributed by atoms with Crippen LogP contribution in [0.3, 0.4) is 0 Å². The van der Waals surface area contributed by atoms with E-state index in [4.69, 9.17) is 0 Å². The lowest BCUT2D eigenvalue weighted by Crippen LogP contribution is -2.47. The monoisotopic (exact) mass is 397 g/mol. The molecule has 1 aromatic rings. The first-order chi connectivity index (χ1) is 14.1. The van der Waals surface area contributed by atoms with Gasteiger partial charge in [0.15, 0.2) is 0 Å². The molecule has 4 rings (SSSR count). The summed E-state index contributed by atoms with van der Waals surface area (Å²) in [5, 5.41) is 0. The van der Waals surface area contributed by atoms with Gasteiger partial charge in [0.2, 0.25) is 5.91 Å². The van der Waals surface area contributed by atoms with Crippen molar-refractivity contribution < 1.29 is 14.4 Å². The Balaban J connectivity index is 1.36. The lowest BCUT2D eigenvalue weighted by atomic mass is 9.95. The molecular formula is C23H31N3O3. The number of aryl methyl sites for hydroxylation is 1. The first-order valence-corrected chi connectivity index (χ1v) is 11.1. The fourth-order valence-corrected chi connectivity index (χ4v) is 4.78. The Labute approximate surface area is 172 Å². The first kappa shape index (κ1) is 20.1. The van der Waals surface area contributed by atoms with E-state index in [1.807, 2.05) is 25.1 Å². The van der Waals surface area contributed by atoms with Gasteiger partial charge in [-0.3, -0.25) is 24.2 Å². The molecule has 2 amide bonds. The Hall–Kier alpha value is -2.21. The van der Waals surface area contributed by atoms with Crippen molar-refractivity contribution in [3.05, 3.63) is 29.3 Å². The van der Waals surface area contributed by atoms with E-state index >= 15 is 0 Å². The second kappa shape index (κ2) is 8.66. The van der Waals surface area contributed by atoms with Gasteiger partial charge in [-0.25, -0.2) is 0 Å². The van der Waals surface area contributed by atoms with Gasteiger partial charge in [-0.1, -0.05) is 25.8 Å². The van der Waals surface area contributed by atoms with E-state index in [0.717, 1.165) is 69.5 Å². The van der Waals surface area contributed by atoms with Gasteiger partial charge in [-0.05, 0) is 49.8 Å². The lowest BCUT2D eigenvalue weighted by Gasteiger charge is -2.35. The SMILES string of the molecule is CCc1ccc2c(c1)C(=O)C(=O)N2CN1CCC(C(=O)N2CCCCCC2)CC1. The van der Waals surface area contributed by atoms with E-state index in [2.05, 4.69) is 9.80 Å². The van der Waals surface area contributed by atoms with Crippen LogP contribution in [0.25, 0.3) is 0 Å². The average molecular weight is 398 g/mol. The van der Waals surface area contributed by atoms with Gasteiger partial charge in [0.05, 0.1) is 17.9 Å². The van der Waals surface area contributed by atoms with Crippen molar-refractivity contribution in [2.45, 2.75) is 51.9 Å². The topological polar surface area (TPSA) is 60.9 Å². The van der Waals surface area contributed by atoms with Crippen molar-refractivity contribution in [1.29, 1.82) is 0 Å². The van der Waals surface area contributed by atoms with E-state index < -0.39 is 11.7 Å². The van der Waals surface area contributed by atoms with E-state index in [1.54, 1.807) is 4.90 Å². The summed E-state index contributed by atoms with van der Waals surface area (Å²) in [5.74, 6) is -0.423. The molecule has 2 saturated heterocycles. The maximum Gasteiger partial charge on any atom is 0.300 e. The summed E-state index contributed by atoms with van der Waals surface area (Å²) in [5.41, 5.74) is 2.32. The highest BCUT2D eigenvalue weighted by molar-refractivity contribution is 6.52. The van der Waals surface area contributed by atoms with Gasteiger partial charge in [0.25, 0.3) is 5.78 Å².